The third-order valence-electron chi connectivity index (χ3n) is 5.38. The first-order chi connectivity index (χ1) is 16.5. The largest absolute Gasteiger partial charge is 0.454 e. The maximum absolute atomic E-state index is 13.5. The Morgan fingerprint density at radius 1 is 1.12 bits per heavy atom. The maximum Gasteiger partial charge on any atom is 0.266 e. The van der Waals surface area contributed by atoms with Crippen molar-refractivity contribution in [3.8, 4) is 17.2 Å². The predicted octanol–water partition coefficient (Wildman–Crippen LogP) is 4.05. The minimum absolute atomic E-state index is 0.188. The van der Waals surface area contributed by atoms with Gasteiger partial charge in [0.1, 0.15) is 5.82 Å². The van der Waals surface area contributed by atoms with Crippen molar-refractivity contribution in [3.05, 3.63) is 88.5 Å². The summed E-state index contributed by atoms with van der Waals surface area (Å²) in [5, 5.41) is 3.15. The van der Waals surface area contributed by atoms with Crippen LogP contribution >= 0.6 is 11.8 Å². The molecule has 172 valence electrons. The molecular formula is C25H20FN3O4S. The third-order valence-corrected chi connectivity index (χ3v) is 6.44. The molecule has 1 amide bonds. The van der Waals surface area contributed by atoms with Gasteiger partial charge in [-0.1, -0.05) is 30.0 Å². The summed E-state index contributed by atoms with van der Waals surface area (Å²) in [6.45, 7) is 2.25. The molecule has 1 aliphatic heterocycles. The summed E-state index contributed by atoms with van der Waals surface area (Å²) in [6, 6.07) is 18.1. The number of carbonyl (C=O) groups is 1. The smallest absolute Gasteiger partial charge is 0.266 e. The van der Waals surface area contributed by atoms with Crippen molar-refractivity contribution >= 4 is 28.6 Å². The Kier molecular flexibility index (Phi) is 5.93. The summed E-state index contributed by atoms with van der Waals surface area (Å²) in [6.07, 6.45) is 0. The van der Waals surface area contributed by atoms with Crippen molar-refractivity contribution in [2.45, 2.75) is 23.9 Å². The Morgan fingerprint density at radius 3 is 2.71 bits per heavy atom. The zero-order valence-electron chi connectivity index (χ0n) is 18.2. The van der Waals surface area contributed by atoms with Gasteiger partial charge in [-0.2, -0.15) is 0 Å². The Balaban J connectivity index is 1.39. The first kappa shape index (κ1) is 22.0. The van der Waals surface area contributed by atoms with Crippen LogP contribution in [0.4, 0.5) is 4.39 Å². The Bertz CT molecular complexity index is 1440. The van der Waals surface area contributed by atoms with Crippen molar-refractivity contribution in [1.82, 2.24) is 14.9 Å². The van der Waals surface area contributed by atoms with Gasteiger partial charge in [-0.3, -0.25) is 14.2 Å². The number of nitrogens with one attached hydrogen (secondary N) is 1. The van der Waals surface area contributed by atoms with Crippen LogP contribution in [0.3, 0.4) is 0 Å². The Morgan fingerprint density at radius 2 is 1.88 bits per heavy atom. The van der Waals surface area contributed by atoms with Crippen molar-refractivity contribution in [3.63, 3.8) is 0 Å². The number of ether oxygens (including phenoxy) is 2. The Hall–Kier alpha value is -3.85. The van der Waals surface area contributed by atoms with Crippen LogP contribution in [-0.2, 0) is 11.3 Å². The number of carbonyl (C=O) groups excluding carboxylic acids is 1. The van der Waals surface area contributed by atoms with E-state index < -0.39 is 11.1 Å². The molecule has 1 N–H and O–H groups in total. The van der Waals surface area contributed by atoms with Gasteiger partial charge in [0.15, 0.2) is 16.7 Å². The highest BCUT2D eigenvalue weighted by molar-refractivity contribution is 8.00. The van der Waals surface area contributed by atoms with Crippen LogP contribution in [0, 0.1) is 5.82 Å². The fraction of sp³-hybridized carbons (Fsp3) is 0.160. The summed E-state index contributed by atoms with van der Waals surface area (Å²) >= 11 is 1.16. The Labute approximate surface area is 198 Å². The van der Waals surface area contributed by atoms with Crippen molar-refractivity contribution in [2.75, 3.05) is 6.79 Å². The zero-order valence-corrected chi connectivity index (χ0v) is 19.0. The first-order valence-corrected chi connectivity index (χ1v) is 11.5. The highest BCUT2D eigenvalue weighted by Gasteiger charge is 2.21. The number of halogens is 1. The highest BCUT2D eigenvalue weighted by Crippen LogP contribution is 2.32. The molecule has 0 fully saturated rings. The molecule has 7 nitrogen and oxygen atoms in total. The van der Waals surface area contributed by atoms with Gasteiger partial charge >= 0.3 is 0 Å². The average molecular weight is 478 g/mol. The van der Waals surface area contributed by atoms with Crippen LogP contribution < -0.4 is 20.3 Å². The van der Waals surface area contributed by atoms with Crippen LogP contribution in [0.2, 0.25) is 0 Å². The molecule has 0 bridgehead atoms. The molecule has 1 aliphatic rings. The second-order valence-corrected chi connectivity index (χ2v) is 9.00. The molecule has 3 aromatic carbocycles. The first-order valence-electron chi connectivity index (χ1n) is 10.6. The van der Waals surface area contributed by atoms with E-state index in [9.17, 15) is 14.0 Å². The number of hydrogen-bond acceptors (Lipinski definition) is 6. The van der Waals surface area contributed by atoms with Crippen LogP contribution in [0.15, 0.2) is 76.7 Å². The second-order valence-electron chi connectivity index (χ2n) is 7.69. The predicted molar refractivity (Wildman–Crippen MR) is 127 cm³/mol. The average Bonchev–Trinajstić information content (AvgIpc) is 3.31. The molecule has 9 heteroatoms. The fourth-order valence-electron chi connectivity index (χ4n) is 3.60. The van der Waals surface area contributed by atoms with E-state index in [1.54, 1.807) is 31.2 Å². The molecule has 0 unspecified atom stereocenters. The van der Waals surface area contributed by atoms with E-state index in [1.165, 1.54) is 28.8 Å². The number of benzene rings is 3. The van der Waals surface area contributed by atoms with E-state index in [0.29, 0.717) is 39.8 Å². The number of nitrogens with zero attached hydrogens (tertiary/aromatic N) is 2. The van der Waals surface area contributed by atoms with Crippen LogP contribution in [0.25, 0.3) is 16.6 Å². The molecule has 5 rings (SSSR count). The molecule has 34 heavy (non-hydrogen) atoms. The summed E-state index contributed by atoms with van der Waals surface area (Å²) in [7, 11) is 0. The van der Waals surface area contributed by atoms with E-state index in [4.69, 9.17) is 9.47 Å². The molecule has 1 aromatic heterocycles. The number of aromatic nitrogens is 2. The lowest BCUT2D eigenvalue weighted by atomic mass is 10.2. The van der Waals surface area contributed by atoms with Gasteiger partial charge in [-0.25, -0.2) is 9.37 Å². The van der Waals surface area contributed by atoms with Gasteiger partial charge in [-0.05, 0) is 61.0 Å². The lowest BCUT2D eigenvalue weighted by molar-refractivity contribution is -0.120. The van der Waals surface area contributed by atoms with Gasteiger partial charge in [0.2, 0.25) is 12.7 Å². The van der Waals surface area contributed by atoms with Gasteiger partial charge in [-0.15, -0.1) is 0 Å². The van der Waals surface area contributed by atoms with Crippen molar-refractivity contribution in [1.29, 1.82) is 0 Å². The van der Waals surface area contributed by atoms with Crippen LogP contribution in [0.1, 0.15) is 12.5 Å². The van der Waals surface area contributed by atoms with Gasteiger partial charge < -0.3 is 14.8 Å². The van der Waals surface area contributed by atoms with E-state index in [2.05, 4.69) is 10.3 Å². The summed E-state index contributed by atoms with van der Waals surface area (Å²) in [5.74, 6) is 0.713. The zero-order chi connectivity index (χ0) is 23.7. The summed E-state index contributed by atoms with van der Waals surface area (Å²) < 4.78 is 25.6. The van der Waals surface area contributed by atoms with E-state index in [1.807, 2.05) is 18.2 Å². The minimum atomic E-state index is -0.547. The van der Waals surface area contributed by atoms with Gasteiger partial charge in [0.25, 0.3) is 5.56 Å². The topological polar surface area (TPSA) is 82.5 Å². The number of fused-ring (bicyclic) bond motifs is 2. The summed E-state index contributed by atoms with van der Waals surface area (Å²) in [4.78, 5) is 30.8. The SMILES string of the molecule is C[C@@H](Sc1nc2ccccc2c(=O)n1-c1ccc(F)cc1)C(=O)NCc1ccc2c(c1)OCO2. The quantitative estimate of drug-likeness (QED) is 0.333. The van der Waals surface area contributed by atoms with Gasteiger partial charge in [0, 0.05) is 6.54 Å². The summed E-state index contributed by atoms with van der Waals surface area (Å²) in [5.41, 5.74) is 1.59. The monoisotopic (exact) mass is 477 g/mol. The molecule has 4 aromatic rings. The van der Waals surface area contributed by atoms with E-state index >= 15 is 0 Å². The van der Waals surface area contributed by atoms with Gasteiger partial charge in [0.05, 0.1) is 21.8 Å². The number of rotatable bonds is 6. The second kappa shape index (κ2) is 9.18. The number of amides is 1. The fourth-order valence-corrected chi connectivity index (χ4v) is 4.56. The molecule has 0 radical (unpaired) electrons. The van der Waals surface area contributed by atoms with E-state index in [-0.39, 0.29) is 18.3 Å². The normalized spacial score (nSPS) is 13.1. The standard InChI is InChI=1S/C25H20FN3O4S/c1-15(23(30)27-13-16-6-11-21-22(12-16)33-14-32-21)34-25-28-20-5-3-2-4-19(20)24(31)29(25)18-9-7-17(26)8-10-18/h2-12,15H,13-14H2,1H3,(H,27,30)/t15-/m1/s1. The number of thioether (sulfide) groups is 1. The highest BCUT2D eigenvalue weighted by atomic mass is 32.2. The molecule has 0 aliphatic carbocycles. The van der Waals surface area contributed by atoms with Crippen LogP contribution in [-0.4, -0.2) is 27.5 Å². The number of hydrogen-bond donors (Lipinski definition) is 1. The third kappa shape index (κ3) is 4.34. The minimum Gasteiger partial charge on any atom is -0.454 e. The lowest BCUT2D eigenvalue weighted by Crippen LogP contribution is -2.31. The van der Waals surface area contributed by atoms with Crippen LogP contribution in [0.5, 0.6) is 11.5 Å². The molecular weight excluding hydrogens is 457 g/mol. The molecule has 0 saturated heterocycles. The van der Waals surface area contributed by atoms with E-state index in [0.717, 1.165) is 17.3 Å². The molecule has 0 spiro atoms. The lowest BCUT2D eigenvalue weighted by Gasteiger charge is -2.16. The molecule has 0 saturated carbocycles. The molecule has 1 atom stereocenters. The maximum atomic E-state index is 13.5. The van der Waals surface area contributed by atoms with Crippen molar-refractivity contribution < 1.29 is 18.7 Å². The molecule has 2 heterocycles. The number of para-hydroxylation sites is 1. The van der Waals surface area contributed by atoms with Crippen molar-refractivity contribution in [2.24, 2.45) is 0 Å².